The number of carbonyl (C=O) groups excluding carboxylic acids is 1. The standard InChI is InChI=1S/C21H26N2O3S/c1-16-13-17(2)15-19(14-16)22-27(25,26)20-9-7-18(8-10-20)21(24)23-11-5-3-4-6-12-23/h7-10,13-15,22H,3-6,11-12H2,1-2H3. The Morgan fingerprint density at radius 1 is 0.889 bits per heavy atom. The zero-order chi connectivity index (χ0) is 19.4. The summed E-state index contributed by atoms with van der Waals surface area (Å²) in [6, 6.07) is 11.8. The van der Waals surface area contributed by atoms with Crippen molar-refractivity contribution in [3.63, 3.8) is 0 Å². The monoisotopic (exact) mass is 386 g/mol. The highest BCUT2D eigenvalue weighted by Gasteiger charge is 2.19. The van der Waals surface area contributed by atoms with Gasteiger partial charge >= 0.3 is 0 Å². The largest absolute Gasteiger partial charge is 0.339 e. The first-order chi connectivity index (χ1) is 12.8. The van der Waals surface area contributed by atoms with Crippen molar-refractivity contribution in [2.45, 2.75) is 44.4 Å². The lowest BCUT2D eigenvalue weighted by molar-refractivity contribution is 0.0761. The van der Waals surface area contributed by atoms with E-state index in [1.54, 1.807) is 24.3 Å². The molecule has 144 valence electrons. The third-order valence-corrected chi connectivity index (χ3v) is 6.18. The van der Waals surface area contributed by atoms with Gasteiger partial charge < -0.3 is 4.90 Å². The van der Waals surface area contributed by atoms with Crippen molar-refractivity contribution in [3.05, 3.63) is 59.2 Å². The van der Waals surface area contributed by atoms with Crippen molar-refractivity contribution < 1.29 is 13.2 Å². The topological polar surface area (TPSA) is 66.5 Å². The molecular weight excluding hydrogens is 360 g/mol. The molecule has 1 amide bonds. The number of benzene rings is 2. The predicted octanol–water partition coefficient (Wildman–Crippen LogP) is 4.12. The predicted molar refractivity (Wildman–Crippen MR) is 108 cm³/mol. The molecule has 1 aliphatic rings. The number of nitrogens with one attached hydrogen (secondary N) is 1. The van der Waals surface area contributed by atoms with Crippen LogP contribution >= 0.6 is 0 Å². The van der Waals surface area contributed by atoms with Crippen LogP contribution in [-0.4, -0.2) is 32.3 Å². The Hall–Kier alpha value is -2.34. The van der Waals surface area contributed by atoms with Crippen LogP contribution in [0.3, 0.4) is 0 Å². The SMILES string of the molecule is Cc1cc(C)cc(NS(=O)(=O)c2ccc(C(=O)N3CCCCCC3)cc2)c1. The van der Waals surface area contributed by atoms with Gasteiger partial charge in [-0.25, -0.2) is 8.42 Å². The van der Waals surface area contributed by atoms with E-state index in [1.807, 2.05) is 24.8 Å². The van der Waals surface area contributed by atoms with Crippen molar-refractivity contribution in [2.75, 3.05) is 17.8 Å². The molecule has 2 aromatic carbocycles. The maximum absolute atomic E-state index is 12.6. The number of carbonyl (C=O) groups is 1. The van der Waals surface area contributed by atoms with E-state index in [2.05, 4.69) is 4.72 Å². The van der Waals surface area contributed by atoms with Gasteiger partial charge in [0.1, 0.15) is 0 Å². The lowest BCUT2D eigenvalue weighted by Gasteiger charge is -2.20. The van der Waals surface area contributed by atoms with Crippen LogP contribution in [0.5, 0.6) is 0 Å². The van der Waals surface area contributed by atoms with Gasteiger partial charge in [-0.15, -0.1) is 0 Å². The second kappa shape index (κ2) is 8.13. The van der Waals surface area contributed by atoms with Gasteiger partial charge in [-0.3, -0.25) is 9.52 Å². The van der Waals surface area contributed by atoms with E-state index < -0.39 is 10.0 Å². The lowest BCUT2D eigenvalue weighted by atomic mass is 10.1. The van der Waals surface area contributed by atoms with Gasteiger partial charge in [0.2, 0.25) is 0 Å². The number of anilines is 1. The molecule has 2 aromatic rings. The van der Waals surface area contributed by atoms with Crippen molar-refractivity contribution in [3.8, 4) is 0 Å². The second-order valence-electron chi connectivity index (χ2n) is 7.21. The second-order valence-corrected chi connectivity index (χ2v) is 8.90. The van der Waals surface area contributed by atoms with Crippen LogP contribution < -0.4 is 4.72 Å². The number of hydrogen-bond donors (Lipinski definition) is 1. The third-order valence-electron chi connectivity index (χ3n) is 4.78. The first-order valence-electron chi connectivity index (χ1n) is 9.36. The molecule has 0 unspecified atom stereocenters. The first-order valence-corrected chi connectivity index (χ1v) is 10.8. The molecule has 1 heterocycles. The Kier molecular flexibility index (Phi) is 5.85. The van der Waals surface area contributed by atoms with E-state index in [-0.39, 0.29) is 10.8 Å². The van der Waals surface area contributed by atoms with Gasteiger partial charge in [0.25, 0.3) is 15.9 Å². The van der Waals surface area contributed by atoms with E-state index in [0.29, 0.717) is 11.3 Å². The number of hydrogen-bond acceptors (Lipinski definition) is 3. The summed E-state index contributed by atoms with van der Waals surface area (Å²) in [6.45, 7) is 5.39. The summed E-state index contributed by atoms with van der Waals surface area (Å²) < 4.78 is 27.9. The molecule has 0 aliphatic carbocycles. The van der Waals surface area contributed by atoms with E-state index in [0.717, 1.165) is 49.9 Å². The molecule has 5 nitrogen and oxygen atoms in total. The Morgan fingerprint density at radius 2 is 1.44 bits per heavy atom. The number of aryl methyl sites for hydroxylation is 2. The fourth-order valence-electron chi connectivity index (χ4n) is 3.48. The summed E-state index contributed by atoms with van der Waals surface area (Å²) in [7, 11) is -3.69. The zero-order valence-corrected chi connectivity index (χ0v) is 16.7. The van der Waals surface area contributed by atoms with Crippen molar-refractivity contribution in [1.82, 2.24) is 4.90 Å². The smallest absolute Gasteiger partial charge is 0.261 e. The first kappa shape index (κ1) is 19.4. The number of amides is 1. The molecule has 1 fully saturated rings. The number of nitrogens with zero attached hydrogens (tertiary/aromatic N) is 1. The van der Waals surface area contributed by atoms with E-state index >= 15 is 0 Å². The molecule has 3 rings (SSSR count). The van der Waals surface area contributed by atoms with Crippen LogP contribution in [0, 0.1) is 13.8 Å². The third kappa shape index (κ3) is 4.89. The zero-order valence-electron chi connectivity index (χ0n) is 15.9. The average Bonchev–Trinajstić information content (AvgIpc) is 2.89. The number of likely N-dealkylation sites (tertiary alicyclic amines) is 1. The fraction of sp³-hybridized carbons (Fsp3) is 0.381. The highest BCUT2D eigenvalue weighted by atomic mass is 32.2. The summed E-state index contributed by atoms with van der Waals surface area (Å²) in [5.74, 6) is -0.0249. The number of sulfonamides is 1. The highest BCUT2D eigenvalue weighted by molar-refractivity contribution is 7.92. The van der Waals surface area contributed by atoms with E-state index in [4.69, 9.17) is 0 Å². The molecule has 27 heavy (non-hydrogen) atoms. The summed E-state index contributed by atoms with van der Waals surface area (Å²) >= 11 is 0. The maximum atomic E-state index is 12.6. The molecule has 0 bridgehead atoms. The Balaban J connectivity index is 1.76. The lowest BCUT2D eigenvalue weighted by Crippen LogP contribution is -2.31. The van der Waals surface area contributed by atoms with Crippen LogP contribution in [0.1, 0.15) is 47.2 Å². The molecule has 0 aromatic heterocycles. The molecular formula is C21H26N2O3S. The van der Waals surface area contributed by atoms with Crippen LogP contribution in [0.25, 0.3) is 0 Å². The molecule has 0 spiro atoms. The van der Waals surface area contributed by atoms with Crippen LogP contribution in [0.2, 0.25) is 0 Å². The fourth-order valence-corrected chi connectivity index (χ4v) is 4.52. The summed E-state index contributed by atoms with van der Waals surface area (Å²) in [6.07, 6.45) is 4.37. The minimum absolute atomic E-state index is 0.0249. The molecule has 1 aliphatic heterocycles. The highest BCUT2D eigenvalue weighted by Crippen LogP contribution is 2.20. The Labute approximate surface area is 161 Å². The molecule has 6 heteroatoms. The normalized spacial score (nSPS) is 15.3. The molecule has 0 atom stereocenters. The van der Waals surface area contributed by atoms with Gasteiger partial charge in [-0.05, 0) is 74.2 Å². The van der Waals surface area contributed by atoms with Gasteiger partial charge in [-0.1, -0.05) is 18.9 Å². The molecule has 1 N–H and O–H groups in total. The van der Waals surface area contributed by atoms with Gasteiger partial charge in [0.15, 0.2) is 0 Å². The van der Waals surface area contributed by atoms with Crippen LogP contribution in [0.4, 0.5) is 5.69 Å². The molecule has 1 saturated heterocycles. The minimum Gasteiger partial charge on any atom is -0.339 e. The van der Waals surface area contributed by atoms with Gasteiger partial charge in [0, 0.05) is 24.3 Å². The van der Waals surface area contributed by atoms with Gasteiger partial charge in [-0.2, -0.15) is 0 Å². The maximum Gasteiger partial charge on any atom is 0.261 e. The molecule has 0 radical (unpaired) electrons. The van der Waals surface area contributed by atoms with Crippen molar-refractivity contribution in [1.29, 1.82) is 0 Å². The Bertz CT molecular complexity index is 893. The van der Waals surface area contributed by atoms with Crippen LogP contribution in [-0.2, 0) is 10.0 Å². The summed E-state index contributed by atoms with van der Waals surface area (Å²) in [5, 5.41) is 0. The Morgan fingerprint density at radius 3 is 2.00 bits per heavy atom. The van der Waals surface area contributed by atoms with Crippen LogP contribution in [0.15, 0.2) is 47.4 Å². The van der Waals surface area contributed by atoms with Crippen molar-refractivity contribution in [2.24, 2.45) is 0 Å². The molecule has 0 saturated carbocycles. The van der Waals surface area contributed by atoms with Crippen molar-refractivity contribution >= 4 is 21.6 Å². The van der Waals surface area contributed by atoms with E-state index in [9.17, 15) is 13.2 Å². The summed E-state index contributed by atoms with van der Waals surface area (Å²) in [4.78, 5) is 14.7. The summed E-state index contributed by atoms with van der Waals surface area (Å²) in [5.41, 5.74) is 3.05. The minimum atomic E-state index is -3.69. The average molecular weight is 387 g/mol. The number of rotatable bonds is 4. The van der Waals surface area contributed by atoms with E-state index in [1.165, 1.54) is 12.1 Å². The quantitative estimate of drug-likeness (QED) is 0.859. The van der Waals surface area contributed by atoms with Gasteiger partial charge in [0.05, 0.1) is 4.90 Å².